The Morgan fingerprint density at radius 3 is 2.10 bits per heavy atom. The zero-order valence-electron chi connectivity index (χ0n) is 16.6. The van der Waals surface area contributed by atoms with E-state index < -0.39 is 24.6 Å². The van der Waals surface area contributed by atoms with Gasteiger partial charge in [-0.1, -0.05) is 72.8 Å². The molecular weight excluding hydrogens is 396 g/mol. The summed E-state index contributed by atoms with van der Waals surface area (Å²) in [4.78, 5) is 24.5. The highest BCUT2D eigenvalue weighted by atomic mass is 16.6. The lowest BCUT2D eigenvalue weighted by Gasteiger charge is -2.24. The van der Waals surface area contributed by atoms with Crippen LogP contribution >= 0.6 is 0 Å². The van der Waals surface area contributed by atoms with Crippen molar-refractivity contribution in [3.63, 3.8) is 0 Å². The number of carbonyl (C=O) groups is 2. The molecule has 0 radical (unpaired) electrons. The summed E-state index contributed by atoms with van der Waals surface area (Å²) in [7, 11) is 0. The number of hydrazone groups is 1. The van der Waals surface area contributed by atoms with Gasteiger partial charge in [-0.25, -0.2) is 10.2 Å². The van der Waals surface area contributed by atoms with Crippen LogP contribution < -0.4 is 14.9 Å². The van der Waals surface area contributed by atoms with Gasteiger partial charge in [0.15, 0.2) is 18.1 Å². The zero-order valence-corrected chi connectivity index (χ0v) is 16.6. The third kappa shape index (κ3) is 5.08. The number of fused-ring (bicyclic) bond motifs is 1. The van der Waals surface area contributed by atoms with Gasteiger partial charge in [0.25, 0.3) is 5.91 Å². The van der Waals surface area contributed by atoms with Crippen molar-refractivity contribution in [1.29, 1.82) is 0 Å². The number of rotatable bonds is 6. The summed E-state index contributed by atoms with van der Waals surface area (Å²) >= 11 is 0. The van der Waals surface area contributed by atoms with E-state index in [2.05, 4.69) is 10.5 Å². The lowest BCUT2D eigenvalue weighted by molar-refractivity contribution is -0.157. The van der Waals surface area contributed by atoms with E-state index >= 15 is 0 Å². The highest BCUT2D eigenvalue weighted by Gasteiger charge is 2.29. The van der Waals surface area contributed by atoms with Crippen molar-refractivity contribution in [3.05, 3.63) is 96.1 Å². The van der Waals surface area contributed by atoms with Gasteiger partial charge < -0.3 is 14.2 Å². The van der Waals surface area contributed by atoms with E-state index in [0.717, 1.165) is 11.1 Å². The molecule has 0 fully saturated rings. The fourth-order valence-corrected chi connectivity index (χ4v) is 3.00. The molecular formula is C24H20N2O5. The van der Waals surface area contributed by atoms with Crippen LogP contribution in [-0.2, 0) is 14.3 Å². The first-order valence-electron chi connectivity index (χ1n) is 9.73. The van der Waals surface area contributed by atoms with Crippen molar-refractivity contribution in [2.75, 3.05) is 13.2 Å². The Hall–Kier alpha value is -4.13. The number of nitrogens with one attached hydrogen (secondary N) is 1. The molecule has 0 bridgehead atoms. The second-order valence-corrected chi connectivity index (χ2v) is 6.70. The first-order valence-corrected chi connectivity index (χ1v) is 9.73. The summed E-state index contributed by atoms with van der Waals surface area (Å²) in [5.41, 5.74) is 4.74. The van der Waals surface area contributed by atoms with E-state index in [1.807, 2.05) is 66.7 Å². The van der Waals surface area contributed by atoms with E-state index in [1.165, 1.54) is 0 Å². The average molecular weight is 416 g/mol. The highest BCUT2D eigenvalue weighted by molar-refractivity contribution is 6.13. The van der Waals surface area contributed by atoms with Crippen LogP contribution in [0.1, 0.15) is 11.1 Å². The van der Waals surface area contributed by atoms with Gasteiger partial charge in [0.05, 0.1) is 5.71 Å². The maximum Gasteiger partial charge on any atom is 0.351 e. The maximum absolute atomic E-state index is 12.3. The van der Waals surface area contributed by atoms with Gasteiger partial charge in [-0.3, -0.25) is 4.79 Å². The first kappa shape index (κ1) is 20.2. The molecule has 0 saturated heterocycles. The van der Waals surface area contributed by atoms with Crippen molar-refractivity contribution in [1.82, 2.24) is 5.43 Å². The third-order valence-corrected chi connectivity index (χ3v) is 4.50. The van der Waals surface area contributed by atoms with Crippen LogP contribution in [0.4, 0.5) is 0 Å². The van der Waals surface area contributed by atoms with Gasteiger partial charge >= 0.3 is 5.97 Å². The fraction of sp³-hybridized carbons (Fsp3) is 0.125. The number of esters is 1. The first-order chi connectivity index (χ1) is 15.2. The van der Waals surface area contributed by atoms with Crippen molar-refractivity contribution in [2.24, 2.45) is 5.10 Å². The molecule has 0 saturated carbocycles. The summed E-state index contributed by atoms with van der Waals surface area (Å²) in [5.74, 6) is -0.220. The van der Waals surface area contributed by atoms with Gasteiger partial charge in [0.1, 0.15) is 6.61 Å². The lowest BCUT2D eigenvalue weighted by atomic mass is 10.0. The number of ether oxygens (including phenoxy) is 3. The molecule has 7 nitrogen and oxygen atoms in total. The molecule has 1 aliphatic rings. The molecule has 156 valence electrons. The number of benzene rings is 3. The molecule has 1 atom stereocenters. The predicted molar refractivity (Wildman–Crippen MR) is 114 cm³/mol. The van der Waals surface area contributed by atoms with Crippen LogP contribution in [0.3, 0.4) is 0 Å². The quantitative estimate of drug-likeness (QED) is 0.379. The Kier molecular flexibility index (Phi) is 6.23. The van der Waals surface area contributed by atoms with Gasteiger partial charge in [-0.05, 0) is 12.1 Å². The number of para-hydroxylation sites is 2. The summed E-state index contributed by atoms with van der Waals surface area (Å²) < 4.78 is 16.2. The zero-order chi connectivity index (χ0) is 21.5. The molecule has 1 unspecified atom stereocenters. The standard InChI is InChI=1S/C24H20N2O5/c27-22(16-30-24(28)21-15-29-19-13-7-8-14-20(19)31-21)25-26-23(17-9-3-1-4-10-17)18-11-5-2-6-12-18/h1-14,21H,15-16H2,(H,25,27). The summed E-state index contributed by atoms with van der Waals surface area (Å²) in [6.07, 6.45) is -0.935. The summed E-state index contributed by atoms with van der Waals surface area (Å²) in [5, 5.41) is 4.25. The Morgan fingerprint density at radius 2 is 1.45 bits per heavy atom. The largest absolute Gasteiger partial charge is 0.485 e. The Morgan fingerprint density at radius 1 is 0.871 bits per heavy atom. The lowest BCUT2D eigenvalue weighted by Crippen LogP contribution is -2.39. The predicted octanol–water partition coefficient (Wildman–Crippen LogP) is 2.94. The Bertz CT molecular complexity index is 1040. The van der Waals surface area contributed by atoms with Gasteiger partial charge in [-0.2, -0.15) is 5.10 Å². The van der Waals surface area contributed by atoms with Gasteiger partial charge in [-0.15, -0.1) is 0 Å². The minimum Gasteiger partial charge on any atom is -0.485 e. The van der Waals surface area contributed by atoms with Crippen LogP contribution in [0.2, 0.25) is 0 Å². The van der Waals surface area contributed by atoms with Gasteiger partial charge in [0, 0.05) is 11.1 Å². The second kappa shape index (κ2) is 9.58. The molecule has 1 aliphatic heterocycles. The molecule has 0 spiro atoms. The van der Waals surface area contributed by atoms with Gasteiger partial charge in [0.2, 0.25) is 6.10 Å². The Balaban J connectivity index is 1.36. The molecule has 1 N–H and O–H groups in total. The third-order valence-electron chi connectivity index (χ3n) is 4.50. The molecule has 31 heavy (non-hydrogen) atoms. The maximum atomic E-state index is 12.3. The molecule has 0 aliphatic carbocycles. The number of hydrogen-bond acceptors (Lipinski definition) is 6. The van der Waals surface area contributed by atoms with E-state index in [-0.39, 0.29) is 6.61 Å². The second-order valence-electron chi connectivity index (χ2n) is 6.70. The van der Waals surface area contributed by atoms with E-state index in [1.54, 1.807) is 18.2 Å². The number of hydrogen-bond donors (Lipinski definition) is 1. The number of carbonyl (C=O) groups excluding carboxylic acids is 2. The Labute approximate surface area is 179 Å². The monoisotopic (exact) mass is 416 g/mol. The van der Waals surface area contributed by atoms with Crippen LogP contribution in [0.5, 0.6) is 11.5 Å². The average Bonchev–Trinajstić information content (AvgIpc) is 2.83. The minimum atomic E-state index is -0.935. The van der Waals surface area contributed by atoms with Crippen LogP contribution in [0.15, 0.2) is 90.0 Å². The van der Waals surface area contributed by atoms with Crippen molar-refractivity contribution >= 4 is 17.6 Å². The molecule has 3 aromatic rings. The smallest absolute Gasteiger partial charge is 0.351 e. The van der Waals surface area contributed by atoms with Crippen molar-refractivity contribution < 1.29 is 23.8 Å². The minimum absolute atomic E-state index is 0.0157. The molecule has 4 rings (SSSR count). The van der Waals surface area contributed by atoms with E-state index in [9.17, 15) is 9.59 Å². The SMILES string of the molecule is O=C(COC(=O)C1COc2ccccc2O1)NN=C(c1ccccc1)c1ccccc1. The van der Waals surface area contributed by atoms with Crippen LogP contribution in [-0.4, -0.2) is 36.9 Å². The molecule has 7 heteroatoms. The fourth-order valence-electron chi connectivity index (χ4n) is 3.00. The van der Waals surface area contributed by atoms with Crippen molar-refractivity contribution in [3.8, 4) is 11.5 Å². The van der Waals surface area contributed by atoms with E-state index in [4.69, 9.17) is 14.2 Å². The number of amides is 1. The summed E-state index contributed by atoms with van der Waals surface area (Å²) in [6, 6.07) is 26.0. The summed E-state index contributed by atoms with van der Waals surface area (Å²) in [6.45, 7) is -0.470. The normalized spacial score (nSPS) is 14.3. The topological polar surface area (TPSA) is 86.2 Å². The molecule has 1 amide bonds. The molecule has 0 aromatic heterocycles. The van der Waals surface area contributed by atoms with Crippen molar-refractivity contribution in [2.45, 2.75) is 6.10 Å². The molecule has 3 aromatic carbocycles. The molecule has 1 heterocycles. The highest BCUT2D eigenvalue weighted by Crippen LogP contribution is 2.31. The number of nitrogens with zero attached hydrogens (tertiary/aromatic N) is 1. The van der Waals surface area contributed by atoms with E-state index in [0.29, 0.717) is 17.2 Å². The van der Waals surface area contributed by atoms with Crippen LogP contribution in [0, 0.1) is 0 Å². The van der Waals surface area contributed by atoms with Crippen LogP contribution in [0.25, 0.3) is 0 Å².